The van der Waals surface area contributed by atoms with E-state index in [2.05, 4.69) is 17.3 Å². The number of aromatic nitrogens is 1. The molecule has 0 radical (unpaired) electrons. The van der Waals surface area contributed by atoms with Crippen LogP contribution in [0.1, 0.15) is 34.0 Å². The summed E-state index contributed by atoms with van der Waals surface area (Å²) in [6.07, 6.45) is 2.23. The van der Waals surface area contributed by atoms with Gasteiger partial charge in [0, 0.05) is 32.6 Å². The number of hydrogen-bond acceptors (Lipinski definition) is 4. The van der Waals surface area contributed by atoms with Crippen LogP contribution in [-0.2, 0) is 4.79 Å². The van der Waals surface area contributed by atoms with Gasteiger partial charge in [-0.3, -0.25) is 9.59 Å². The zero-order valence-electron chi connectivity index (χ0n) is 14.4. The molecule has 6 heteroatoms. The number of nitrogens with zero attached hydrogens (tertiary/aromatic N) is 3. The van der Waals surface area contributed by atoms with E-state index in [1.54, 1.807) is 16.7 Å². The molecule has 2 fully saturated rings. The van der Waals surface area contributed by atoms with Gasteiger partial charge in [0.15, 0.2) is 0 Å². The fraction of sp³-hybridized carbons (Fsp3) is 0.421. The topological polar surface area (TPSA) is 66.7 Å². The van der Waals surface area contributed by atoms with Gasteiger partial charge in [0.2, 0.25) is 5.91 Å². The Morgan fingerprint density at radius 2 is 2.08 bits per heavy atom. The lowest BCUT2D eigenvalue weighted by molar-refractivity contribution is -0.134. The molecular weight excluding hydrogens is 318 g/mol. The van der Waals surface area contributed by atoms with Crippen LogP contribution in [0.4, 0.5) is 0 Å². The highest BCUT2D eigenvalue weighted by Crippen LogP contribution is 2.49. The Bertz CT molecular complexity index is 816. The lowest BCUT2D eigenvalue weighted by atomic mass is 9.73. The van der Waals surface area contributed by atoms with Crippen LogP contribution in [0.15, 0.2) is 41.1 Å². The average Bonchev–Trinajstić information content (AvgIpc) is 3.30. The molecule has 2 aliphatic rings. The molecule has 3 heterocycles. The van der Waals surface area contributed by atoms with E-state index < -0.39 is 5.41 Å². The van der Waals surface area contributed by atoms with Gasteiger partial charge in [0.1, 0.15) is 11.3 Å². The minimum atomic E-state index is -0.531. The molecule has 2 saturated heterocycles. The molecule has 130 valence electrons. The van der Waals surface area contributed by atoms with Crippen molar-refractivity contribution in [2.24, 2.45) is 5.41 Å². The normalized spacial score (nSPS) is 26.0. The number of carbonyl (C=O) groups excluding carboxylic acids is 2. The van der Waals surface area contributed by atoms with E-state index >= 15 is 0 Å². The van der Waals surface area contributed by atoms with Crippen molar-refractivity contribution in [2.75, 3.05) is 26.7 Å². The molecule has 6 nitrogen and oxygen atoms in total. The molecule has 2 atom stereocenters. The van der Waals surface area contributed by atoms with Crippen molar-refractivity contribution in [3.63, 3.8) is 0 Å². The van der Waals surface area contributed by atoms with Crippen LogP contribution < -0.4 is 0 Å². The lowest BCUT2D eigenvalue weighted by Crippen LogP contribution is -2.39. The summed E-state index contributed by atoms with van der Waals surface area (Å²) in [6.45, 7) is 3.44. The molecule has 0 bridgehead atoms. The van der Waals surface area contributed by atoms with Gasteiger partial charge >= 0.3 is 0 Å². The third kappa shape index (κ3) is 2.35. The van der Waals surface area contributed by atoms with Crippen molar-refractivity contribution < 1.29 is 14.1 Å². The summed E-state index contributed by atoms with van der Waals surface area (Å²) in [7, 11) is 1.84. The first-order valence-corrected chi connectivity index (χ1v) is 8.54. The van der Waals surface area contributed by atoms with Crippen molar-refractivity contribution in [1.29, 1.82) is 0 Å². The first-order chi connectivity index (χ1) is 12.0. The first-order valence-electron chi connectivity index (χ1n) is 8.54. The molecular formula is C19H21N3O3. The van der Waals surface area contributed by atoms with E-state index in [9.17, 15) is 9.59 Å². The average molecular weight is 339 g/mol. The second-order valence-corrected chi connectivity index (χ2v) is 7.08. The molecule has 0 unspecified atom stereocenters. The summed E-state index contributed by atoms with van der Waals surface area (Å²) in [4.78, 5) is 29.5. The van der Waals surface area contributed by atoms with Crippen molar-refractivity contribution in [1.82, 2.24) is 15.0 Å². The number of benzene rings is 1. The quantitative estimate of drug-likeness (QED) is 0.840. The molecule has 0 aliphatic carbocycles. The fourth-order valence-corrected chi connectivity index (χ4v) is 4.28. The molecule has 2 aromatic rings. The molecule has 2 aliphatic heterocycles. The zero-order chi connectivity index (χ0) is 17.6. The summed E-state index contributed by atoms with van der Waals surface area (Å²) < 4.78 is 5.04. The Morgan fingerprint density at radius 1 is 1.32 bits per heavy atom. The van der Waals surface area contributed by atoms with Gasteiger partial charge in [-0.2, -0.15) is 0 Å². The maximum atomic E-state index is 13.0. The Morgan fingerprint density at radius 3 is 2.68 bits per heavy atom. The highest BCUT2D eigenvalue weighted by molar-refractivity contribution is 5.96. The smallest absolute Gasteiger partial charge is 0.259 e. The van der Waals surface area contributed by atoms with Crippen LogP contribution >= 0.6 is 0 Å². The SMILES string of the molecule is Cc1oncc1C(=O)N1C[C@@H](c2ccccc2)[C@@]2(CCN(C)C2=O)C1. The second-order valence-electron chi connectivity index (χ2n) is 7.08. The van der Waals surface area contributed by atoms with Crippen molar-refractivity contribution in [2.45, 2.75) is 19.3 Å². The second kappa shape index (κ2) is 5.72. The van der Waals surface area contributed by atoms with Crippen molar-refractivity contribution >= 4 is 11.8 Å². The summed E-state index contributed by atoms with van der Waals surface area (Å²) in [5.74, 6) is 0.546. The Hall–Kier alpha value is -2.63. The Kier molecular flexibility index (Phi) is 3.63. The number of rotatable bonds is 2. The van der Waals surface area contributed by atoms with Gasteiger partial charge in [0.25, 0.3) is 5.91 Å². The summed E-state index contributed by atoms with van der Waals surface area (Å²) in [5, 5.41) is 3.71. The number of aryl methyl sites for hydroxylation is 1. The number of carbonyl (C=O) groups is 2. The van der Waals surface area contributed by atoms with Gasteiger partial charge in [-0.15, -0.1) is 0 Å². The third-order valence-corrected chi connectivity index (χ3v) is 5.68. The Labute approximate surface area is 146 Å². The lowest BCUT2D eigenvalue weighted by Gasteiger charge is -2.28. The molecule has 25 heavy (non-hydrogen) atoms. The number of likely N-dealkylation sites (tertiary alicyclic amines) is 2. The minimum absolute atomic E-state index is 0.00951. The largest absolute Gasteiger partial charge is 0.361 e. The molecule has 1 aromatic carbocycles. The number of amides is 2. The van der Waals surface area contributed by atoms with Crippen LogP contribution in [0.25, 0.3) is 0 Å². The molecule has 1 spiro atoms. The van der Waals surface area contributed by atoms with Crippen LogP contribution in [0.5, 0.6) is 0 Å². The summed E-state index contributed by atoms with van der Waals surface area (Å²) >= 11 is 0. The van der Waals surface area contributed by atoms with Gasteiger partial charge in [0.05, 0.1) is 11.6 Å². The van der Waals surface area contributed by atoms with Gasteiger partial charge in [-0.25, -0.2) is 0 Å². The van der Waals surface area contributed by atoms with Crippen LogP contribution in [-0.4, -0.2) is 53.5 Å². The van der Waals surface area contributed by atoms with E-state index in [0.717, 1.165) is 18.5 Å². The van der Waals surface area contributed by atoms with Crippen LogP contribution in [0, 0.1) is 12.3 Å². The molecule has 0 saturated carbocycles. The molecule has 2 amide bonds. The van der Waals surface area contributed by atoms with E-state index in [1.807, 2.05) is 25.2 Å². The van der Waals surface area contributed by atoms with E-state index in [1.165, 1.54) is 6.20 Å². The minimum Gasteiger partial charge on any atom is -0.361 e. The standard InChI is InChI=1S/C19H21N3O3/c1-13-15(10-20-25-13)17(23)22-11-16(14-6-4-3-5-7-14)19(12-22)8-9-21(2)18(19)24/h3-7,10,16H,8-9,11-12H2,1-2H3/t16-,19+/m0/s1. The van der Waals surface area contributed by atoms with E-state index in [-0.39, 0.29) is 17.7 Å². The zero-order valence-corrected chi connectivity index (χ0v) is 14.4. The maximum Gasteiger partial charge on any atom is 0.259 e. The molecule has 0 N–H and O–H groups in total. The maximum absolute atomic E-state index is 13.0. The summed E-state index contributed by atoms with van der Waals surface area (Å²) in [5.41, 5.74) is 1.06. The summed E-state index contributed by atoms with van der Waals surface area (Å²) in [6, 6.07) is 10.0. The number of hydrogen-bond donors (Lipinski definition) is 0. The fourth-order valence-electron chi connectivity index (χ4n) is 4.28. The van der Waals surface area contributed by atoms with Crippen molar-refractivity contribution in [3.8, 4) is 0 Å². The van der Waals surface area contributed by atoms with Gasteiger partial charge < -0.3 is 14.3 Å². The van der Waals surface area contributed by atoms with Crippen LogP contribution in [0.2, 0.25) is 0 Å². The van der Waals surface area contributed by atoms with Gasteiger partial charge in [-0.1, -0.05) is 35.5 Å². The van der Waals surface area contributed by atoms with Crippen LogP contribution in [0.3, 0.4) is 0 Å². The first kappa shape index (κ1) is 15.9. The Balaban J connectivity index is 1.71. The highest BCUT2D eigenvalue weighted by Gasteiger charge is 2.57. The van der Waals surface area contributed by atoms with Gasteiger partial charge in [-0.05, 0) is 18.9 Å². The molecule has 4 rings (SSSR count). The molecule has 1 aromatic heterocycles. The monoisotopic (exact) mass is 339 g/mol. The predicted molar refractivity (Wildman–Crippen MR) is 91.0 cm³/mol. The van der Waals surface area contributed by atoms with E-state index in [0.29, 0.717) is 24.4 Å². The van der Waals surface area contributed by atoms with Crippen molar-refractivity contribution in [3.05, 3.63) is 53.4 Å². The van der Waals surface area contributed by atoms with E-state index in [4.69, 9.17) is 4.52 Å². The third-order valence-electron chi connectivity index (χ3n) is 5.68. The highest BCUT2D eigenvalue weighted by atomic mass is 16.5. The predicted octanol–water partition coefficient (Wildman–Crippen LogP) is 2.07.